The van der Waals surface area contributed by atoms with Gasteiger partial charge in [-0.3, -0.25) is 0 Å². The van der Waals surface area contributed by atoms with Crippen molar-refractivity contribution in [1.29, 1.82) is 0 Å². The van der Waals surface area contributed by atoms with E-state index in [-0.39, 0.29) is 5.75 Å². The number of phenols is 1. The maximum atomic E-state index is 9.81. The number of ether oxygens (including phenoxy) is 1. The standard InChI is InChI=1S/C24H25N5O2/c1-16-4-2-6-18(12-16)25-22-15-20-23(27-22)24(29-8-10-31-11-9-29)28-21(26-20)14-17-5-3-7-19(30)13-17/h2-7,12-13,30H,8-11,14-15H2,1H3,(H,25,27). The van der Waals surface area contributed by atoms with Crippen molar-refractivity contribution >= 4 is 23.0 Å². The van der Waals surface area contributed by atoms with Gasteiger partial charge in [0.05, 0.1) is 25.3 Å². The van der Waals surface area contributed by atoms with Crippen molar-refractivity contribution in [3.63, 3.8) is 0 Å². The number of amidine groups is 1. The van der Waals surface area contributed by atoms with Crippen LogP contribution in [0.1, 0.15) is 22.6 Å². The summed E-state index contributed by atoms with van der Waals surface area (Å²) >= 11 is 0. The average Bonchev–Trinajstić information content (AvgIpc) is 3.16. The first-order chi connectivity index (χ1) is 15.1. The summed E-state index contributed by atoms with van der Waals surface area (Å²) in [6.07, 6.45) is 1.19. The van der Waals surface area contributed by atoms with Gasteiger partial charge in [-0.2, -0.15) is 0 Å². The smallest absolute Gasteiger partial charge is 0.158 e. The Bertz CT molecular complexity index is 1140. The summed E-state index contributed by atoms with van der Waals surface area (Å²) < 4.78 is 5.53. The van der Waals surface area contributed by atoms with Crippen LogP contribution < -0.4 is 10.2 Å². The predicted molar refractivity (Wildman–Crippen MR) is 122 cm³/mol. The van der Waals surface area contributed by atoms with Gasteiger partial charge in [0.2, 0.25) is 0 Å². The van der Waals surface area contributed by atoms with Gasteiger partial charge in [0.1, 0.15) is 23.1 Å². The monoisotopic (exact) mass is 415 g/mol. The molecule has 0 atom stereocenters. The third-order valence-corrected chi connectivity index (χ3v) is 5.46. The van der Waals surface area contributed by atoms with Crippen molar-refractivity contribution < 1.29 is 9.84 Å². The van der Waals surface area contributed by atoms with Crippen LogP contribution in [0.2, 0.25) is 0 Å². The first-order valence-corrected chi connectivity index (χ1v) is 10.6. The fourth-order valence-corrected chi connectivity index (χ4v) is 3.99. The van der Waals surface area contributed by atoms with Gasteiger partial charge in [0, 0.05) is 25.2 Å². The van der Waals surface area contributed by atoms with E-state index in [1.807, 2.05) is 24.3 Å². The number of benzene rings is 2. The van der Waals surface area contributed by atoms with E-state index in [0.717, 1.165) is 53.2 Å². The summed E-state index contributed by atoms with van der Waals surface area (Å²) in [6, 6.07) is 15.5. The Kier molecular flexibility index (Phi) is 5.26. The first kappa shape index (κ1) is 19.5. The minimum atomic E-state index is 0.250. The summed E-state index contributed by atoms with van der Waals surface area (Å²) in [5.41, 5.74) is 4.97. The number of hydrogen-bond donors (Lipinski definition) is 2. The third kappa shape index (κ3) is 4.36. The number of aromatic hydroxyl groups is 1. The third-order valence-electron chi connectivity index (χ3n) is 5.46. The topological polar surface area (TPSA) is 82.9 Å². The molecule has 0 unspecified atom stereocenters. The van der Waals surface area contributed by atoms with Gasteiger partial charge in [-0.15, -0.1) is 0 Å². The van der Waals surface area contributed by atoms with E-state index in [1.54, 1.807) is 12.1 Å². The number of aliphatic imine (C=N–C) groups is 1. The second-order valence-corrected chi connectivity index (χ2v) is 7.93. The normalized spacial score (nSPS) is 15.5. The molecule has 0 spiro atoms. The SMILES string of the molecule is Cc1cccc(NC2=Nc3c(nc(Cc4cccc(O)c4)nc3N3CCOCC3)C2)c1. The van der Waals surface area contributed by atoms with Crippen molar-refractivity contribution in [2.45, 2.75) is 19.8 Å². The molecule has 2 aliphatic rings. The molecule has 158 valence electrons. The minimum Gasteiger partial charge on any atom is -0.508 e. The molecule has 0 aliphatic carbocycles. The van der Waals surface area contributed by atoms with Crippen LogP contribution in [-0.2, 0) is 17.6 Å². The number of fused-ring (bicyclic) bond motifs is 1. The molecule has 0 radical (unpaired) electrons. The number of nitrogens with zero attached hydrogens (tertiary/aromatic N) is 4. The van der Waals surface area contributed by atoms with Gasteiger partial charge in [-0.1, -0.05) is 24.3 Å². The van der Waals surface area contributed by atoms with E-state index in [4.69, 9.17) is 19.7 Å². The molecule has 2 aromatic carbocycles. The second kappa shape index (κ2) is 8.35. The van der Waals surface area contributed by atoms with Crippen molar-refractivity contribution in [2.24, 2.45) is 4.99 Å². The Morgan fingerprint density at radius 2 is 1.90 bits per heavy atom. The quantitative estimate of drug-likeness (QED) is 0.677. The van der Waals surface area contributed by atoms with E-state index in [2.05, 4.69) is 29.3 Å². The summed E-state index contributed by atoms with van der Waals surface area (Å²) in [6.45, 7) is 5.00. The molecule has 7 heteroatoms. The maximum absolute atomic E-state index is 9.81. The number of aryl methyl sites for hydroxylation is 1. The maximum Gasteiger partial charge on any atom is 0.158 e. The van der Waals surface area contributed by atoms with Crippen LogP contribution in [0.25, 0.3) is 0 Å². The highest BCUT2D eigenvalue weighted by Crippen LogP contribution is 2.35. The Labute approximate surface area is 181 Å². The van der Waals surface area contributed by atoms with E-state index in [1.165, 1.54) is 5.56 Å². The molecular weight excluding hydrogens is 390 g/mol. The van der Waals surface area contributed by atoms with Gasteiger partial charge in [-0.05, 0) is 42.3 Å². The molecule has 0 saturated carbocycles. The van der Waals surface area contributed by atoms with E-state index >= 15 is 0 Å². The van der Waals surface area contributed by atoms with Crippen LogP contribution in [0, 0.1) is 6.92 Å². The highest BCUT2D eigenvalue weighted by atomic mass is 16.5. The number of phenolic OH excluding ortho intramolecular Hbond substituents is 1. The number of aromatic nitrogens is 2. The van der Waals surface area contributed by atoms with Crippen molar-refractivity contribution in [1.82, 2.24) is 9.97 Å². The number of anilines is 2. The van der Waals surface area contributed by atoms with Crippen LogP contribution >= 0.6 is 0 Å². The van der Waals surface area contributed by atoms with Crippen molar-refractivity contribution in [3.05, 3.63) is 71.2 Å². The number of rotatable bonds is 4. The van der Waals surface area contributed by atoms with Crippen LogP contribution in [0.4, 0.5) is 17.2 Å². The largest absolute Gasteiger partial charge is 0.508 e. The molecule has 3 heterocycles. The fraction of sp³-hybridized carbons (Fsp3) is 0.292. The van der Waals surface area contributed by atoms with Crippen molar-refractivity contribution in [3.8, 4) is 5.75 Å². The lowest BCUT2D eigenvalue weighted by molar-refractivity contribution is 0.122. The highest BCUT2D eigenvalue weighted by molar-refractivity contribution is 6.03. The number of nitrogens with one attached hydrogen (secondary N) is 1. The second-order valence-electron chi connectivity index (χ2n) is 7.93. The first-order valence-electron chi connectivity index (χ1n) is 10.6. The number of morpholine rings is 1. The van der Waals surface area contributed by atoms with E-state index < -0.39 is 0 Å². The number of hydrogen-bond acceptors (Lipinski definition) is 7. The van der Waals surface area contributed by atoms with Crippen molar-refractivity contribution in [2.75, 3.05) is 36.5 Å². The van der Waals surface area contributed by atoms with Gasteiger partial charge in [0.25, 0.3) is 0 Å². The predicted octanol–water partition coefficient (Wildman–Crippen LogP) is 3.62. The molecular formula is C24H25N5O2. The molecule has 31 heavy (non-hydrogen) atoms. The van der Waals surface area contributed by atoms with E-state index in [0.29, 0.717) is 26.1 Å². The Hall–Kier alpha value is -3.45. The fourth-order valence-electron chi connectivity index (χ4n) is 3.99. The molecule has 1 fully saturated rings. The van der Waals surface area contributed by atoms with Crippen LogP contribution in [0.15, 0.2) is 53.5 Å². The molecule has 7 nitrogen and oxygen atoms in total. The summed E-state index contributed by atoms with van der Waals surface area (Å²) in [5, 5.41) is 13.3. The van der Waals surface area contributed by atoms with Crippen LogP contribution in [0.3, 0.4) is 0 Å². The van der Waals surface area contributed by atoms with Gasteiger partial charge in [0.15, 0.2) is 5.82 Å². The van der Waals surface area contributed by atoms with Crippen LogP contribution in [-0.4, -0.2) is 47.2 Å². The summed E-state index contributed by atoms with van der Waals surface area (Å²) in [7, 11) is 0. The molecule has 1 aromatic heterocycles. The molecule has 2 N–H and O–H groups in total. The zero-order chi connectivity index (χ0) is 21.2. The zero-order valence-corrected chi connectivity index (χ0v) is 17.5. The molecule has 5 rings (SSSR count). The van der Waals surface area contributed by atoms with Gasteiger partial charge < -0.3 is 20.1 Å². The molecule has 0 amide bonds. The molecule has 1 saturated heterocycles. The Morgan fingerprint density at radius 1 is 1.06 bits per heavy atom. The minimum absolute atomic E-state index is 0.250. The summed E-state index contributed by atoms with van der Waals surface area (Å²) in [4.78, 5) is 16.8. The lowest BCUT2D eigenvalue weighted by Crippen LogP contribution is -2.37. The van der Waals surface area contributed by atoms with Crippen LogP contribution in [0.5, 0.6) is 5.75 Å². The molecule has 0 bridgehead atoms. The average molecular weight is 415 g/mol. The lowest BCUT2D eigenvalue weighted by atomic mass is 10.1. The van der Waals surface area contributed by atoms with Gasteiger partial charge >= 0.3 is 0 Å². The Morgan fingerprint density at radius 3 is 2.71 bits per heavy atom. The zero-order valence-electron chi connectivity index (χ0n) is 17.5. The lowest BCUT2D eigenvalue weighted by Gasteiger charge is -2.28. The Balaban J connectivity index is 1.47. The summed E-state index contributed by atoms with van der Waals surface area (Å²) in [5.74, 6) is 2.72. The van der Waals surface area contributed by atoms with E-state index in [9.17, 15) is 5.11 Å². The van der Waals surface area contributed by atoms with Gasteiger partial charge in [-0.25, -0.2) is 15.0 Å². The highest BCUT2D eigenvalue weighted by Gasteiger charge is 2.26. The molecule has 3 aromatic rings. The molecule has 2 aliphatic heterocycles.